The lowest BCUT2D eigenvalue weighted by Crippen LogP contribution is -2.28. The predicted octanol–water partition coefficient (Wildman–Crippen LogP) is 2.01. The summed E-state index contributed by atoms with van der Waals surface area (Å²) >= 11 is 0. The van der Waals surface area contributed by atoms with Gasteiger partial charge in [0.05, 0.1) is 18.9 Å². The summed E-state index contributed by atoms with van der Waals surface area (Å²) in [5, 5.41) is 7.24. The van der Waals surface area contributed by atoms with E-state index in [0.29, 0.717) is 36.0 Å². The van der Waals surface area contributed by atoms with Crippen LogP contribution in [0.4, 0.5) is 0 Å². The second kappa shape index (κ2) is 8.85. The summed E-state index contributed by atoms with van der Waals surface area (Å²) in [6, 6.07) is 1.76. The molecule has 27 heavy (non-hydrogen) atoms. The van der Waals surface area contributed by atoms with E-state index < -0.39 is 0 Å². The Balaban J connectivity index is 1.68. The SMILES string of the molecule is COc1ccncc1CNC(=O)c1c(C)nn(C)c1OCC1CCCCO1. The number of aromatic nitrogens is 3. The van der Waals surface area contributed by atoms with Gasteiger partial charge in [0.15, 0.2) is 0 Å². The maximum absolute atomic E-state index is 12.8. The van der Waals surface area contributed by atoms with E-state index in [0.717, 1.165) is 31.4 Å². The first-order valence-electron chi connectivity index (χ1n) is 9.13. The van der Waals surface area contributed by atoms with Gasteiger partial charge in [-0.05, 0) is 32.3 Å². The predicted molar refractivity (Wildman–Crippen MR) is 99.0 cm³/mol. The summed E-state index contributed by atoms with van der Waals surface area (Å²) in [5.74, 6) is 0.891. The average Bonchev–Trinajstić information content (AvgIpc) is 2.98. The van der Waals surface area contributed by atoms with Crippen LogP contribution < -0.4 is 14.8 Å². The number of nitrogens with one attached hydrogen (secondary N) is 1. The molecule has 8 heteroatoms. The zero-order valence-corrected chi connectivity index (χ0v) is 16.0. The number of carbonyl (C=O) groups excluding carboxylic acids is 1. The normalized spacial score (nSPS) is 16.8. The Labute approximate surface area is 158 Å². The van der Waals surface area contributed by atoms with Gasteiger partial charge >= 0.3 is 0 Å². The third kappa shape index (κ3) is 4.57. The maximum Gasteiger partial charge on any atom is 0.258 e. The van der Waals surface area contributed by atoms with Crippen molar-refractivity contribution in [1.29, 1.82) is 0 Å². The number of rotatable bonds is 7. The van der Waals surface area contributed by atoms with Gasteiger partial charge in [-0.25, -0.2) is 4.68 Å². The largest absolute Gasteiger partial charge is 0.496 e. The van der Waals surface area contributed by atoms with Crippen molar-refractivity contribution in [2.75, 3.05) is 20.3 Å². The molecule has 2 aromatic heterocycles. The van der Waals surface area contributed by atoms with Gasteiger partial charge in [-0.3, -0.25) is 9.78 Å². The molecule has 2 aromatic rings. The van der Waals surface area contributed by atoms with Crippen molar-refractivity contribution in [3.8, 4) is 11.6 Å². The van der Waals surface area contributed by atoms with Crippen LogP contribution in [0.1, 0.15) is 40.9 Å². The van der Waals surface area contributed by atoms with Crippen LogP contribution in [0.5, 0.6) is 11.6 Å². The van der Waals surface area contributed by atoms with E-state index in [9.17, 15) is 4.79 Å². The number of methoxy groups -OCH3 is 1. The lowest BCUT2D eigenvalue weighted by atomic mass is 10.1. The van der Waals surface area contributed by atoms with Crippen molar-refractivity contribution in [3.05, 3.63) is 35.3 Å². The summed E-state index contributed by atoms with van der Waals surface area (Å²) in [6.45, 7) is 3.27. The van der Waals surface area contributed by atoms with Gasteiger partial charge in [0.2, 0.25) is 5.88 Å². The zero-order valence-electron chi connectivity index (χ0n) is 16.0. The molecule has 8 nitrogen and oxygen atoms in total. The Bertz CT molecular complexity index is 784. The van der Waals surface area contributed by atoms with Crippen molar-refractivity contribution in [1.82, 2.24) is 20.1 Å². The van der Waals surface area contributed by atoms with E-state index in [-0.39, 0.29) is 12.0 Å². The Morgan fingerprint density at radius 3 is 3.04 bits per heavy atom. The molecule has 1 N–H and O–H groups in total. The molecule has 1 fully saturated rings. The minimum atomic E-state index is -0.244. The first-order valence-corrected chi connectivity index (χ1v) is 9.13. The topological polar surface area (TPSA) is 87.5 Å². The molecule has 0 saturated carbocycles. The van der Waals surface area contributed by atoms with Crippen LogP contribution in [0.15, 0.2) is 18.5 Å². The molecule has 1 amide bonds. The van der Waals surface area contributed by atoms with Gasteiger partial charge in [0.25, 0.3) is 5.91 Å². The fourth-order valence-corrected chi connectivity index (χ4v) is 3.18. The molecule has 3 heterocycles. The molecule has 1 saturated heterocycles. The first-order chi connectivity index (χ1) is 13.1. The van der Waals surface area contributed by atoms with Gasteiger partial charge in [-0.1, -0.05) is 0 Å². The highest BCUT2D eigenvalue weighted by atomic mass is 16.5. The molecule has 0 bridgehead atoms. The third-order valence-corrected chi connectivity index (χ3v) is 4.59. The van der Waals surface area contributed by atoms with E-state index in [1.807, 2.05) is 0 Å². The number of ether oxygens (including phenoxy) is 3. The summed E-state index contributed by atoms with van der Waals surface area (Å²) in [6.07, 6.45) is 6.58. The first kappa shape index (κ1) is 19.2. The quantitative estimate of drug-likeness (QED) is 0.798. The van der Waals surface area contributed by atoms with Gasteiger partial charge < -0.3 is 19.5 Å². The number of amides is 1. The smallest absolute Gasteiger partial charge is 0.258 e. The lowest BCUT2D eigenvalue weighted by Gasteiger charge is -2.22. The molecule has 0 radical (unpaired) electrons. The molecule has 1 unspecified atom stereocenters. The highest BCUT2D eigenvalue weighted by Gasteiger charge is 2.24. The molecule has 0 aliphatic carbocycles. The van der Waals surface area contributed by atoms with Gasteiger partial charge in [0, 0.05) is 38.2 Å². The van der Waals surface area contributed by atoms with Gasteiger partial charge in [-0.2, -0.15) is 5.10 Å². The number of aryl methyl sites for hydroxylation is 2. The lowest BCUT2D eigenvalue weighted by molar-refractivity contribution is -0.0128. The Morgan fingerprint density at radius 2 is 2.30 bits per heavy atom. The molecule has 0 aromatic carbocycles. The van der Waals surface area contributed by atoms with Crippen LogP contribution in [0.25, 0.3) is 0 Å². The minimum absolute atomic E-state index is 0.0597. The molecule has 3 rings (SSSR count). The van der Waals surface area contributed by atoms with Crippen LogP contribution >= 0.6 is 0 Å². The summed E-state index contributed by atoms with van der Waals surface area (Å²) in [7, 11) is 3.36. The van der Waals surface area contributed by atoms with Crippen molar-refractivity contribution >= 4 is 5.91 Å². The number of nitrogens with zero attached hydrogens (tertiary/aromatic N) is 3. The molecule has 1 atom stereocenters. The van der Waals surface area contributed by atoms with Crippen LogP contribution in [0.2, 0.25) is 0 Å². The number of hydrogen-bond acceptors (Lipinski definition) is 6. The van der Waals surface area contributed by atoms with Crippen molar-refractivity contribution in [2.45, 2.75) is 38.8 Å². The number of pyridine rings is 1. The van der Waals surface area contributed by atoms with Crippen LogP contribution in [0, 0.1) is 6.92 Å². The van der Waals surface area contributed by atoms with Crippen molar-refractivity contribution < 1.29 is 19.0 Å². The van der Waals surface area contributed by atoms with E-state index in [1.54, 1.807) is 44.2 Å². The van der Waals surface area contributed by atoms with Crippen LogP contribution in [0.3, 0.4) is 0 Å². The van der Waals surface area contributed by atoms with Crippen molar-refractivity contribution in [2.24, 2.45) is 7.05 Å². The van der Waals surface area contributed by atoms with E-state index in [1.165, 1.54) is 0 Å². The van der Waals surface area contributed by atoms with Crippen LogP contribution in [-0.4, -0.2) is 47.1 Å². The summed E-state index contributed by atoms with van der Waals surface area (Å²) in [5.41, 5.74) is 1.86. The van der Waals surface area contributed by atoms with Crippen LogP contribution in [-0.2, 0) is 18.3 Å². The fourth-order valence-electron chi connectivity index (χ4n) is 3.18. The Kier molecular flexibility index (Phi) is 6.28. The molecule has 1 aliphatic heterocycles. The summed E-state index contributed by atoms with van der Waals surface area (Å²) < 4.78 is 18.5. The number of carbonyl (C=O) groups is 1. The van der Waals surface area contributed by atoms with E-state index in [2.05, 4.69) is 15.4 Å². The molecule has 1 aliphatic rings. The monoisotopic (exact) mass is 374 g/mol. The highest BCUT2D eigenvalue weighted by molar-refractivity contribution is 5.97. The molecular formula is C19H26N4O4. The van der Waals surface area contributed by atoms with E-state index >= 15 is 0 Å². The third-order valence-electron chi connectivity index (χ3n) is 4.59. The number of hydrogen-bond donors (Lipinski definition) is 1. The fraction of sp³-hybridized carbons (Fsp3) is 0.526. The maximum atomic E-state index is 12.8. The average molecular weight is 374 g/mol. The highest BCUT2D eigenvalue weighted by Crippen LogP contribution is 2.23. The van der Waals surface area contributed by atoms with Gasteiger partial charge in [-0.15, -0.1) is 0 Å². The standard InChI is InChI=1S/C19H26N4O4/c1-13-17(18(24)21-11-14-10-20-8-7-16(14)25-3)19(23(2)22-13)27-12-15-6-4-5-9-26-15/h7-8,10,15H,4-6,9,11-12H2,1-3H3,(H,21,24). The zero-order chi connectivity index (χ0) is 19.2. The second-order valence-corrected chi connectivity index (χ2v) is 6.56. The molecule has 0 spiro atoms. The van der Waals surface area contributed by atoms with E-state index in [4.69, 9.17) is 14.2 Å². The minimum Gasteiger partial charge on any atom is -0.496 e. The molecule has 146 valence electrons. The Morgan fingerprint density at radius 1 is 1.44 bits per heavy atom. The second-order valence-electron chi connectivity index (χ2n) is 6.56. The summed E-state index contributed by atoms with van der Waals surface area (Å²) in [4.78, 5) is 16.9. The molecular weight excluding hydrogens is 348 g/mol. The Hall–Kier alpha value is -2.61. The van der Waals surface area contributed by atoms with Gasteiger partial charge in [0.1, 0.15) is 17.9 Å². The van der Waals surface area contributed by atoms with Crippen molar-refractivity contribution in [3.63, 3.8) is 0 Å².